The Morgan fingerprint density at radius 2 is 0.980 bits per heavy atom. The summed E-state index contributed by atoms with van der Waals surface area (Å²) in [5.74, 6) is 4.48. The van der Waals surface area contributed by atoms with E-state index >= 15 is 0 Å². The third kappa shape index (κ3) is 15.2. The molecule has 3 aliphatic carbocycles. The summed E-state index contributed by atoms with van der Waals surface area (Å²) < 4.78 is 81.0. The normalized spacial score (nSPS) is 25.1. The highest BCUT2D eigenvalue weighted by Gasteiger charge is 2.31. The molecule has 2 nitrogen and oxygen atoms in total. The van der Waals surface area contributed by atoms with Crippen molar-refractivity contribution in [2.45, 2.75) is 135 Å². The minimum Gasteiger partial charge on any atom is -0.435 e. The Balaban J connectivity index is 0.000000172. The minimum absolute atomic E-state index is 0.129. The topological polar surface area (TPSA) is 18.5 Å². The lowest BCUT2D eigenvalue weighted by Crippen LogP contribution is -2.17. The van der Waals surface area contributed by atoms with Crippen LogP contribution < -0.4 is 9.47 Å². The molecular formula is C43H56F6O2. The SMILES string of the molecule is CC1CCC(CCc2ccc(F)cc2)CC1.CC1CCC(c2ccc(OC(F)(F)F)cc2)CC1.CC1CCC(c2ccc(OC(F)F)cc2)CC1. The average Bonchev–Trinajstić information content (AvgIpc) is 3.10. The first-order valence-corrected chi connectivity index (χ1v) is 19.0. The second-order valence-electron chi connectivity index (χ2n) is 15.3. The Morgan fingerprint density at radius 1 is 0.569 bits per heavy atom. The minimum atomic E-state index is -4.61. The van der Waals surface area contributed by atoms with Gasteiger partial charge in [-0.3, -0.25) is 0 Å². The molecule has 0 saturated heterocycles. The van der Waals surface area contributed by atoms with Crippen LogP contribution >= 0.6 is 0 Å². The number of aryl methyl sites for hydroxylation is 1. The molecule has 0 radical (unpaired) electrons. The van der Waals surface area contributed by atoms with Gasteiger partial charge >= 0.3 is 13.0 Å². The molecule has 0 aliphatic heterocycles. The largest absolute Gasteiger partial charge is 0.573 e. The molecule has 282 valence electrons. The summed E-state index contributed by atoms with van der Waals surface area (Å²) in [7, 11) is 0. The fourth-order valence-corrected chi connectivity index (χ4v) is 7.69. The number of ether oxygens (including phenoxy) is 2. The Morgan fingerprint density at radius 3 is 1.39 bits per heavy atom. The molecule has 8 heteroatoms. The zero-order valence-electron chi connectivity index (χ0n) is 30.5. The van der Waals surface area contributed by atoms with Crippen LogP contribution in [-0.4, -0.2) is 13.0 Å². The number of hydrogen-bond donors (Lipinski definition) is 0. The van der Waals surface area contributed by atoms with Crippen molar-refractivity contribution < 1.29 is 35.8 Å². The molecule has 0 aromatic heterocycles. The summed E-state index contributed by atoms with van der Waals surface area (Å²) in [6, 6.07) is 20.4. The Labute approximate surface area is 301 Å². The molecule has 3 saturated carbocycles. The van der Waals surface area contributed by atoms with Crippen molar-refractivity contribution >= 4 is 0 Å². The quantitative estimate of drug-likeness (QED) is 0.216. The maximum absolute atomic E-state index is 12.7. The van der Waals surface area contributed by atoms with E-state index in [2.05, 4.69) is 30.2 Å². The number of benzene rings is 3. The van der Waals surface area contributed by atoms with E-state index in [1.165, 1.54) is 93.9 Å². The van der Waals surface area contributed by atoms with Gasteiger partial charge < -0.3 is 9.47 Å². The standard InChI is InChI=1S/C15H21F.C14H17F3O.C14H18F2O/c1-12-2-4-13(5-3-12)6-7-14-8-10-15(16)11-9-14;1-10-2-4-11(5-3-10)12-6-8-13(9-7-12)18-14(15,16)17;1-10-2-4-11(5-3-10)12-6-8-13(9-7-12)17-14(15)16/h8-13H,2-7H2,1H3;6-11H,2-5H2,1H3;6-11,14H,2-5H2,1H3. The zero-order valence-corrected chi connectivity index (χ0v) is 30.5. The lowest BCUT2D eigenvalue weighted by atomic mass is 9.79. The molecule has 0 spiro atoms. The summed E-state index contributed by atoms with van der Waals surface area (Å²) in [4.78, 5) is 0. The summed E-state index contributed by atoms with van der Waals surface area (Å²) >= 11 is 0. The molecule has 3 aliphatic rings. The average molecular weight is 719 g/mol. The highest BCUT2D eigenvalue weighted by atomic mass is 19.4. The highest BCUT2D eigenvalue weighted by molar-refractivity contribution is 5.30. The van der Waals surface area contributed by atoms with Crippen LogP contribution in [0.15, 0.2) is 72.8 Å². The molecule has 3 fully saturated rings. The highest BCUT2D eigenvalue weighted by Crippen LogP contribution is 2.37. The van der Waals surface area contributed by atoms with Crippen LogP contribution in [-0.2, 0) is 6.42 Å². The molecule has 51 heavy (non-hydrogen) atoms. The van der Waals surface area contributed by atoms with Crippen LogP contribution in [0.25, 0.3) is 0 Å². The van der Waals surface area contributed by atoms with Gasteiger partial charge in [-0.25, -0.2) is 4.39 Å². The van der Waals surface area contributed by atoms with Crippen molar-refractivity contribution in [2.24, 2.45) is 23.7 Å². The van der Waals surface area contributed by atoms with Gasteiger partial charge in [0, 0.05) is 0 Å². The van der Waals surface area contributed by atoms with Crippen LogP contribution in [0.2, 0.25) is 0 Å². The van der Waals surface area contributed by atoms with Gasteiger partial charge in [-0.15, -0.1) is 13.2 Å². The third-order valence-corrected chi connectivity index (χ3v) is 11.1. The number of rotatable bonds is 8. The van der Waals surface area contributed by atoms with Crippen LogP contribution in [0.1, 0.15) is 133 Å². The molecule has 0 atom stereocenters. The van der Waals surface area contributed by atoms with Crippen LogP contribution in [0.3, 0.4) is 0 Å². The van der Waals surface area contributed by atoms with Gasteiger partial charge in [-0.1, -0.05) is 109 Å². The maximum atomic E-state index is 12.7. The molecule has 6 rings (SSSR count). The molecular weight excluding hydrogens is 662 g/mol. The Kier molecular flexibility index (Phi) is 16.1. The number of alkyl halides is 5. The monoisotopic (exact) mass is 718 g/mol. The summed E-state index contributed by atoms with van der Waals surface area (Å²) in [6.45, 7) is 4.15. The zero-order chi connectivity index (χ0) is 36.8. The van der Waals surface area contributed by atoms with Gasteiger partial charge in [0.05, 0.1) is 0 Å². The van der Waals surface area contributed by atoms with E-state index < -0.39 is 13.0 Å². The molecule has 0 bridgehead atoms. The van der Waals surface area contributed by atoms with Crippen molar-refractivity contribution in [3.8, 4) is 11.5 Å². The van der Waals surface area contributed by atoms with E-state index in [1.54, 1.807) is 36.4 Å². The van der Waals surface area contributed by atoms with E-state index in [0.717, 1.165) is 48.5 Å². The lowest BCUT2D eigenvalue weighted by Gasteiger charge is -2.26. The molecule has 0 amide bonds. The molecule has 0 heterocycles. The summed E-state index contributed by atoms with van der Waals surface area (Å²) in [5, 5.41) is 0. The van der Waals surface area contributed by atoms with Crippen molar-refractivity contribution in [3.05, 3.63) is 95.3 Å². The van der Waals surface area contributed by atoms with E-state index in [0.29, 0.717) is 11.8 Å². The predicted molar refractivity (Wildman–Crippen MR) is 193 cm³/mol. The van der Waals surface area contributed by atoms with Gasteiger partial charge in [-0.2, -0.15) is 8.78 Å². The molecule has 0 N–H and O–H groups in total. The van der Waals surface area contributed by atoms with Crippen molar-refractivity contribution in [1.82, 2.24) is 0 Å². The number of halogens is 6. The summed E-state index contributed by atoms with van der Waals surface area (Å²) in [6.07, 6.45) is 12.9. The first-order chi connectivity index (χ1) is 24.3. The first-order valence-electron chi connectivity index (χ1n) is 19.0. The van der Waals surface area contributed by atoms with Crippen molar-refractivity contribution in [1.29, 1.82) is 0 Å². The second-order valence-corrected chi connectivity index (χ2v) is 15.3. The van der Waals surface area contributed by atoms with Gasteiger partial charge in [0.25, 0.3) is 0 Å². The predicted octanol–water partition coefficient (Wildman–Crippen LogP) is 14.0. The van der Waals surface area contributed by atoms with Gasteiger partial charge in [0.15, 0.2) is 0 Å². The van der Waals surface area contributed by atoms with E-state index in [-0.39, 0.29) is 17.3 Å². The van der Waals surface area contributed by atoms with E-state index in [4.69, 9.17) is 0 Å². The van der Waals surface area contributed by atoms with Gasteiger partial charge in [0.1, 0.15) is 17.3 Å². The van der Waals surface area contributed by atoms with Crippen LogP contribution in [0.5, 0.6) is 11.5 Å². The Bertz CT molecular complexity index is 1370. The molecule has 3 aromatic rings. The molecule has 0 unspecified atom stereocenters. The smallest absolute Gasteiger partial charge is 0.435 e. The fourth-order valence-electron chi connectivity index (χ4n) is 7.69. The van der Waals surface area contributed by atoms with Gasteiger partial charge in [0.2, 0.25) is 0 Å². The van der Waals surface area contributed by atoms with E-state index in [1.807, 2.05) is 24.3 Å². The number of hydrogen-bond acceptors (Lipinski definition) is 2. The van der Waals surface area contributed by atoms with Crippen LogP contribution in [0, 0.1) is 29.5 Å². The second kappa shape index (κ2) is 20.2. The van der Waals surface area contributed by atoms with E-state index in [9.17, 15) is 26.3 Å². The third-order valence-electron chi connectivity index (χ3n) is 11.1. The molecule has 3 aromatic carbocycles. The van der Waals surface area contributed by atoms with Gasteiger partial charge in [-0.05, 0) is 127 Å². The summed E-state index contributed by atoms with van der Waals surface area (Å²) in [5.41, 5.74) is 3.65. The first kappa shape index (κ1) is 40.6. The maximum Gasteiger partial charge on any atom is 0.573 e. The van der Waals surface area contributed by atoms with Crippen LogP contribution in [0.4, 0.5) is 26.3 Å². The van der Waals surface area contributed by atoms with Crippen molar-refractivity contribution in [2.75, 3.05) is 0 Å². The Hall–Kier alpha value is -3.16. The van der Waals surface area contributed by atoms with Crippen molar-refractivity contribution in [3.63, 3.8) is 0 Å². The lowest BCUT2D eigenvalue weighted by molar-refractivity contribution is -0.274. The fraction of sp³-hybridized carbons (Fsp3) is 0.581.